The molecule has 1 amide bonds. The topological polar surface area (TPSA) is 69.2 Å². The van der Waals surface area contributed by atoms with Crippen LogP contribution in [0.15, 0.2) is 41.5 Å². The van der Waals surface area contributed by atoms with E-state index in [0.29, 0.717) is 23.1 Å². The highest BCUT2D eigenvalue weighted by Crippen LogP contribution is 2.34. The Morgan fingerprint density at radius 1 is 1.33 bits per heavy atom. The lowest BCUT2D eigenvalue weighted by Gasteiger charge is -2.09. The number of ether oxygens (including phenoxy) is 3. The van der Waals surface area contributed by atoms with Crippen molar-refractivity contribution in [2.75, 3.05) is 13.2 Å². The van der Waals surface area contributed by atoms with Crippen molar-refractivity contribution in [3.05, 3.63) is 52.5 Å². The normalized spacial score (nSPS) is 15.3. The van der Waals surface area contributed by atoms with Crippen LogP contribution in [0, 0.1) is 0 Å². The summed E-state index contributed by atoms with van der Waals surface area (Å²) >= 11 is 5.81. The van der Waals surface area contributed by atoms with E-state index in [1.807, 2.05) is 26.0 Å². The van der Waals surface area contributed by atoms with E-state index in [0.717, 1.165) is 23.3 Å². The third kappa shape index (κ3) is 5.14. The maximum Gasteiger partial charge on any atom is 0.277 e. The van der Waals surface area contributed by atoms with Crippen LogP contribution >= 0.6 is 11.6 Å². The molecule has 0 aromatic heterocycles. The van der Waals surface area contributed by atoms with Crippen LogP contribution < -0.4 is 19.6 Å². The predicted octanol–water partition coefficient (Wildman–Crippen LogP) is 3.59. The van der Waals surface area contributed by atoms with Crippen LogP contribution in [0.25, 0.3) is 0 Å². The number of fused-ring (bicyclic) bond motifs is 1. The predicted molar refractivity (Wildman–Crippen MR) is 104 cm³/mol. The maximum absolute atomic E-state index is 11.9. The SMILES string of the molecule is CCOc1cc2c(cc1/C=N\NC(=O)COc1ccc(Cl)cc1)O[C@H](C)C2. The first-order chi connectivity index (χ1) is 13.0. The highest BCUT2D eigenvalue weighted by molar-refractivity contribution is 6.30. The summed E-state index contributed by atoms with van der Waals surface area (Å²) in [5.41, 5.74) is 4.30. The highest BCUT2D eigenvalue weighted by Gasteiger charge is 2.21. The van der Waals surface area contributed by atoms with E-state index in [-0.39, 0.29) is 18.6 Å². The second kappa shape index (κ2) is 8.77. The van der Waals surface area contributed by atoms with Crippen molar-refractivity contribution in [1.29, 1.82) is 0 Å². The molecule has 7 heteroatoms. The molecule has 27 heavy (non-hydrogen) atoms. The van der Waals surface area contributed by atoms with Gasteiger partial charge in [0.1, 0.15) is 23.4 Å². The first-order valence-corrected chi connectivity index (χ1v) is 9.09. The summed E-state index contributed by atoms with van der Waals surface area (Å²) in [7, 11) is 0. The van der Waals surface area contributed by atoms with Crippen molar-refractivity contribution in [3.8, 4) is 17.2 Å². The van der Waals surface area contributed by atoms with Gasteiger partial charge < -0.3 is 14.2 Å². The number of hydrogen-bond acceptors (Lipinski definition) is 5. The molecule has 0 saturated carbocycles. The Kier molecular flexibility index (Phi) is 6.19. The van der Waals surface area contributed by atoms with E-state index in [1.54, 1.807) is 24.3 Å². The van der Waals surface area contributed by atoms with Gasteiger partial charge in [-0.3, -0.25) is 4.79 Å². The number of rotatable bonds is 7. The quantitative estimate of drug-likeness (QED) is 0.581. The Labute approximate surface area is 163 Å². The van der Waals surface area contributed by atoms with Gasteiger partial charge in [-0.25, -0.2) is 5.43 Å². The van der Waals surface area contributed by atoms with Gasteiger partial charge in [-0.1, -0.05) is 11.6 Å². The molecule has 6 nitrogen and oxygen atoms in total. The summed E-state index contributed by atoms with van der Waals surface area (Å²) in [6.45, 7) is 4.33. The van der Waals surface area contributed by atoms with Gasteiger partial charge in [0, 0.05) is 22.6 Å². The standard InChI is InChI=1S/C20H21ClN2O4/c1-3-25-18-9-14-8-13(2)27-19(14)10-15(18)11-22-23-20(24)12-26-17-6-4-16(21)5-7-17/h4-7,9-11,13H,3,8,12H2,1-2H3,(H,23,24)/b22-11-/t13-/m1/s1. The first-order valence-electron chi connectivity index (χ1n) is 8.71. The lowest BCUT2D eigenvalue weighted by Crippen LogP contribution is -2.24. The molecule has 1 N–H and O–H groups in total. The Morgan fingerprint density at radius 3 is 2.85 bits per heavy atom. The van der Waals surface area contributed by atoms with Crippen molar-refractivity contribution < 1.29 is 19.0 Å². The molecule has 3 rings (SSSR count). The molecule has 0 saturated heterocycles. The van der Waals surface area contributed by atoms with Crippen LogP contribution in [0.1, 0.15) is 25.0 Å². The number of benzene rings is 2. The van der Waals surface area contributed by atoms with Crippen LogP contribution in [0.3, 0.4) is 0 Å². The van der Waals surface area contributed by atoms with Crippen molar-refractivity contribution in [2.45, 2.75) is 26.4 Å². The lowest BCUT2D eigenvalue weighted by atomic mass is 10.1. The van der Waals surface area contributed by atoms with Crippen LogP contribution in [-0.4, -0.2) is 31.4 Å². The minimum atomic E-state index is -0.370. The smallest absolute Gasteiger partial charge is 0.277 e. The third-order valence-electron chi connectivity index (χ3n) is 3.90. The summed E-state index contributed by atoms with van der Waals surface area (Å²) in [4.78, 5) is 11.9. The summed E-state index contributed by atoms with van der Waals surface area (Å²) in [5, 5.41) is 4.60. The van der Waals surface area contributed by atoms with Crippen LogP contribution in [-0.2, 0) is 11.2 Å². The van der Waals surface area contributed by atoms with E-state index < -0.39 is 0 Å². The first kappa shape index (κ1) is 19.0. The molecule has 1 aliphatic rings. The molecule has 2 aromatic rings. The summed E-state index contributed by atoms with van der Waals surface area (Å²) in [6, 6.07) is 10.6. The fourth-order valence-corrected chi connectivity index (χ4v) is 2.85. The van der Waals surface area contributed by atoms with Gasteiger partial charge in [0.2, 0.25) is 0 Å². The molecule has 0 unspecified atom stereocenters. The van der Waals surface area contributed by atoms with Crippen LogP contribution in [0.5, 0.6) is 17.2 Å². The number of amides is 1. The zero-order valence-electron chi connectivity index (χ0n) is 15.2. The minimum Gasteiger partial charge on any atom is -0.493 e. The molecule has 0 radical (unpaired) electrons. The summed E-state index contributed by atoms with van der Waals surface area (Å²) < 4.78 is 16.8. The van der Waals surface area contributed by atoms with Gasteiger partial charge in [0.15, 0.2) is 6.61 Å². The van der Waals surface area contributed by atoms with Crippen molar-refractivity contribution in [3.63, 3.8) is 0 Å². The largest absolute Gasteiger partial charge is 0.493 e. The molecule has 1 atom stereocenters. The fourth-order valence-electron chi connectivity index (χ4n) is 2.72. The monoisotopic (exact) mass is 388 g/mol. The molecule has 1 aliphatic heterocycles. The average molecular weight is 389 g/mol. The van der Waals surface area contributed by atoms with Crippen LogP contribution in [0.2, 0.25) is 5.02 Å². The summed E-state index contributed by atoms with van der Waals surface area (Å²) in [5.74, 6) is 1.72. The van der Waals surface area contributed by atoms with Gasteiger partial charge in [-0.15, -0.1) is 0 Å². The molecular formula is C20H21ClN2O4. The Balaban J connectivity index is 1.59. The number of hydrazone groups is 1. The van der Waals surface area contributed by atoms with E-state index in [4.69, 9.17) is 25.8 Å². The van der Waals surface area contributed by atoms with Crippen molar-refractivity contribution in [1.82, 2.24) is 5.43 Å². The maximum atomic E-state index is 11.9. The Morgan fingerprint density at radius 2 is 2.11 bits per heavy atom. The number of carbonyl (C=O) groups excluding carboxylic acids is 1. The lowest BCUT2D eigenvalue weighted by molar-refractivity contribution is -0.123. The summed E-state index contributed by atoms with van der Waals surface area (Å²) in [6.07, 6.45) is 2.54. The number of nitrogens with one attached hydrogen (secondary N) is 1. The molecular weight excluding hydrogens is 368 g/mol. The second-order valence-corrected chi connectivity index (χ2v) is 6.54. The number of halogens is 1. The molecule has 142 valence electrons. The number of hydrogen-bond donors (Lipinski definition) is 1. The minimum absolute atomic E-state index is 0.145. The average Bonchev–Trinajstić information content (AvgIpc) is 3.00. The number of nitrogens with zero attached hydrogens (tertiary/aromatic N) is 1. The van der Waals surface area contributed by atoms with Gasteiger partial charge in [0.25, 0.3) is 5.91 Å². The molecule has 0 spiro atoms. The zero-order valence-corrected chi connectivity index (χ0v) is 16.0. The Bertz CT molecular complexity index is 837. The van der Waals surface area contributed by atoms with E-state index >= 15 is 0 Å². The van der Waals surface area contributed by atoms with Gasteiger partial charge in [-0.2, -0.15) is 5.10 Å². The van der Waals surface area contributed by atoms with Gasteiger partial charge >= 0.3 is 0 Å². The zero-order chi connectivity index (χ0) is 19.2. The van der Waals surface area contributed by atoms with E-state index in [2.05, 4.69) is 10.5 Å². The third-order valence-corrected chi connectivity index (χ3v) is 4.16. The van der Waals surface area contributed by atoms with Crippen molar-refractivity contribution >= 4 is 23.7 Å². The second-order valence-electron chi connectivity index (χ2n) is 6.10. The Hall–Kier alpha value is -2.73. The van der Waals surface area contributed by atoms with E-state index in [9.17, 15) is 4.79 Å². The molecule has 0 aliphatic carbocycles. The molecule has 0 fully saturated rings. The fraction of sp³-hybridized carbons (Fsp3) is 0.300. The van der Waals surface area contributed by atoms with Gasteiger partial charge in [-0.05, 0) is 50.2 Å². The van der Waals surface area contributed by atoms with E-state index in [1.165, 1.54) is 6.21 Å². The molecule has 2 aromatic carbocycles. The van der Waals surface area contributed by atoms with Crippen LogP contribution in [0.4, 0.5) is 0 Å². The van der Waals surface area contributed by atoms with Crippen molar-refractivity contribution in [2.24, 2.45) is 5.10 Å². The highest BCUT2D eigenvalue weighted by atomic mass is 35.5. The molecule has 0 bridgehead atoms. The van der Waals surface area contributed by atoms with Gasteiger partial charge in [0.05, 0.1) is 12.8 Å². The molecule has 1 heterocycles. The number of carbonyl (C=O) groups is 1.